The molecule has 0 aromatic heterocycles. The van der Waals surface area contributed by atoms with Crippen molar-refractivity contribution in [3.63, 3.8) is 0 Å². The van der Waals surface area contributed by atoms with Gasteiger partial charge in [0.25, 0.3) is 0 Å². The first-order chi connectivity index (χ1) is 7.09. The number of nitrogens with zero attached hydrogens (tertiary/aromatic N) is 1. The molecule has 0 unspecified atom stereocenters. The van der Waals surface area contributed by atoms with Crippen molar-refractivity contribution < 1.29 is 13.2 Å². The summed E-state index contributed by atoms with van der Waals surface area (Å²) in [5.41, 5.74) is -0.0414. The molecule has 1 rings (SSSR count). The van der Waals surface area contributed by atoms with Crippen molar-refractivity contribution in [1.82, 2.24) is 4.90 Å². The number of rotatable bonds is 2. The maximum atomic E-state index is 11.9. The maximum absolute atomic E-state index is 11.9. The molecule has 1 aliphatic heterocycles. The van der Waals surface area contributed by atoms with E-state index in [2.05, 4.69) is 0 Å². The Morgan fingerprint density at radius 2 is 1.94 bits per heavy atom. The molecule has 1 saturated heterocycles. The van der Waals surface area contributed by atoms with Crippen LogP contribution in [-0.4, -0.2) is 43.8 Å². The van der Waals surface area contributed by atoms with Crippen molar-refractivity contribution in [1.29, 1.82) is 0 Å². The molecule has 0 aliphatic carbocycles. The molecule has 1 amide bonds. The fourth-order valence-electron chi connectivity index (χ4n) is 1.87. The van der Waals surface area contributed by atoms with E-state index in [0.717, 1.165) is 0 Å². The molecular formula is C11H21NO3S. The van der Waals surface area contributed by atoms with Crippen molar-refractivity contribution in [2.75, 3.05) is 19.3 Å². The Labute approximate surface area is 97.9 Å². The second-order valence-electron chi connectivity index (χ2n) is 5.82. The molecule has 1 aliphatic rings. The fourth-order valence-corrected chi connectivity index (χ4v) is 2.85. The van der Waals surface area contributed by atoms with E-state index in [-0.39, 0.29) is 16.6 Å². The largest absolute Gasteiger partial charge is 0.341 e. The molecule has 1 atom stereocenters. The first kappa shape index (κ1) is 13.5. The topological polar surface area (TPSA) is 54.5 Å². The van der Waals surface area contributed by atoms with Gasteiger partial charge in [-0.2, -0.15) is 0 Å². The van der Waals surface area contributed by atoms with Crippen LogP contribution in [0.25, 0.3) is 0 Å². The number of hydrogen-bond donors (Lipinski definition) is 0. The monoisotopic (exact) mass is 247 g/mol. The molecule has 0 aromatic carbocycles. The predicted octanol–water partition coefficient (Wildman–Crippen LogP) is 1.07. The van der Waals surface area contributed by atoms with Gasteiger partial charge in [-0.05, 0) is 11.8 Å². The quantitative estimate of drug-likeness (QED) is 0.733. The lowest BCUT2D eigenvalue weighted by Gasteiger charge is -2.22. The minimum atomic E-state index is -3.01. The van der Waals surface area contributed by atoms with E-state index >= 15 is 0 Å². The lowest BCUT2D eigenvalue weighted by molar-refractivity contribution is -0.131. The maximum Gasteiger partial charge on any atom is 0.223 e. The Balaban J connectivity index is 2.57. The molecule has 94 valence electrons. The molecule has 1 fully saturated rings. The van der Waals surface area contributed by atoms with Gasteiger partial charge in [0.15, 0.2) is 9.84 Å². The summed E-state index contributed by atoms with van der Waals surface area (Å²) in [6.45, 7) is 6.97. The molecule has 4 nitrogen and oxygen atoms in total. The Kier molecular flexibility index (Phi) is 3.67. The molecule has 16 heavy (non-hydrogen) atoms. The zero-order chi connectivity index (χ0) is 12.6. The Morgan fingerprint density at radius 1 is 1.38 bits per heavy atom. The zero-order valence-corrected chi connectivity index (χ0v) is 11.3. The standard InChI is InChI=1S/C11H21NO3S/c1-11(2,3)7-10(13)12-6-5-9(8-12)16(4,14)15/h9H,5-8H2,1-4H3/t9-/m0/s1. The van der Waals surface area contributed by atoms with Gasteiger partial charge in [0.2, 0.25) is 5.91 Å². The van der Waals surface area contributed by atoms with Crippen molar-refractivity contribution in [3.8, 4) is 0 Å². The third-order valence-electron chi connectivity index (χ3n) is 2.78. The highest BCUT2D eigenvalue weighted by molar-refractivity contribution is 7.91. The highest BCUT2D eigenvalue weighted by Crippen LogP contribution is 2.23. The smallest absolute Gasteiger partial charge is 0.223 e. The van der Waals surface area contributed by atoms with Crippen LogP contribution in [0.1, 0.15) is 33.6 Å². The second kappa shape index (κ2) is 4.35. The summed E-state index contributed by atoms with van der Waals surface area (Å²) in [6, 6.07) is 0. The highest BCUT2D eigenvalue weighted by atomic mass is 32.2. The zero-order valence-electron chi connectivity index (χ0n) is 10.5. The molecule has 1 heterocycles. The van der Waals surface area contributed by atoms with Gasteiger partial charge in [0, 0.05) is 25.8 Å². The molecule has 0 radical (unpaired) electrons. The number of carbonyl (C=O) groups excluding carboxylic acids is 1. The summed E-state index contributed by atoms with van der Waals surface area (Å²) in [7, 11) is -3.01. The summed E-state index contributed by atoms with van der Waals surface area (Å²) in [4.78, 5) is 13.5. The summed E-state index contributed by atoms with van der Waals surface area (Å²) in [5.74, 6) is 0.0682. The second-order valence-corrected chi connectivity index (χ2v) is 8.14. The van der Waals surface area contributed by atoms with Crippen molar-refractivity contribution >= 4 is 15.7 Å². The predicted molar refractivity (Wildman–Crippen MR) is 63.9 cm³/mol. The number of sulfone groups is 1. The Hall–Kier alpha value is -0.580. The van der Waals surface area contributed by atoms with E-state index < -0.39 is 9.84 Å². The third-order valence-corrected chi connectivity index (χ3v) is 4.38. The average Bonchev–Trinajstić information content (AvgIpc) is 2.46. The first-order valence-corrected chi connectivity index (χ1v) is 7.52. The Morgan fingerprint density at radius 3 is 2.31 bits per heavy atom. The minimum Gasteiger partial charge on any atom is -0.341 e. The van der Waals surface area contributed by atoms with E-state index in [1.165, 1.54) is 6.26 Å². The highest BCUT2D eigenvalue weighted by Gasteiger charge is 2.33. The van der Waals surface area contributed by atoms with Crippen molar-refractivity contribution in [2.45, 2.75) is 38.9 Å². The molecule has 0 spiro atoms. The SMILES string of the molecule is CC(C)(C)CC(=O)N1CC[C@H](S(C)(=O)=O)C1. The van der Waals surface area contributed by atoms with Gasteiger partial charge >= 0.3 is 0 Å². The van der Waals surface area contributed by atoms with Gasteiger partial charge in [-0.15, -0.1) is 0 Å². The summed E-state index contributed by atoms with van der Waals surface area (Å²) in [6.07, 6.45) is 2.30. The van der Waals surface area contributed by atoms with Crippen LogP contribution < -0.4 is 0 Å². The van der Waals surface area contributed by atoms with Gasteiger partial charge in [0.1, 0.15) is 0 Å². The average molecular weight is 247 g/mol. The van der Waals surface area contributed by atoms with Gasteiger partial charge < -0.3 is 4.90 Å². The first-order valence-electron chi connectivity index (χ1n) is 5.56. The van der Waals surface area contributed by atoms with Crippen LogP contribution in [0.15, 0.2) is 0 Å². The fraction of sp³-hybridized carbons (Fsp3) is 0.909. The van der Waals surface area contributed by atoms with Crippen molar-refractivity contribution in [3.05, 3.63) is 0 Å². The lowest BCUT2D eigenvalue weighted by atomic mass is 9.92. The molecule has 0 saturated carbocycles. The van der Waals surface area contributed by atoms with Crippen LogP contribution >= 0.6 is 0 Å². The van der Waals surface area contributed by atoms with E-state index in [4.69, 9.17) is 0 Å². The van der Waals surface area contributed by atoms with E-state index in [1.54, 1.807) is 4.90 Å². The number of carbonyl (C=O) groups is 1. The molecular weight excluding hydrogens is 226 g/mol. The third kappa shape index (κ3) is 3.77. The molecule has 5 heteroatoms. The van der Waals surface area contributed by atoms with E-state index in [1.807, 2.05) is 20.8 Å². The normalized spacial score (nSPS) is 22.5. The lowest BCUT2D eigenvalue weighted by Crippen LogP contribution is -2.33. The van der Waals surface area contributed by atoms with E-state index in [0.29, 0.717) is 25.9 Å². The van der Waals surface area contributed by atoms with Crippen molar-refractivity contribution in [2.24, 2.45) is 5.41 Å². The van der Waals surface area contributed by atoms with Crippen LogP contribution in [0.5, 0.6) is 0 Å². The van der Waals surface area contributed by atoms with Gasteiger partial charge in [-0.3, -0.25) is 4.79 Å². The molecule has 0 bridgehead atoms. The van der Waals surface area contributed by atoms with Gasteiger partial charge in [-0.25, -0.2) is 8.42 Å². The number of hydrogen-bond acceptors (Lipinski definition) is 3. The number of amides is 1. The Bertz CT molecular complexity index is 367. The van der Waals surface area contributed by atoms with Gasteiger partial charge in [0.05, 0.1) is 5.25 Å². The minimum absolute atomic E-state index is 0.0414. The summed E-state index contributed by atoms with van der Waals surface area (Å²) >= 11 is 0. The molecule has 0 aromatic rings. The summed E-state index contributed by atoms with van der Waals surface area (Å²) < 4.78 is 22.7. The van der Waals surface area contributed by atoms with Crippen LogP contribution in [0.3, 0.4) is 0 Å². The summed E-state index contributed by atoms with van der Waals surface area (Å²) in [5, 5.41) is -0.364. The molecule has 0 N–H and O–H groups in total. The van der Waals surface area contributed by atoms with Crippen LogP contribution in [0, 0.1) is 5.41 Å². The van der Waals surface area contributed by atoms with Crippen LogP contribution in [0.4, 0.5) is 0 Å². The van der Waals surface area contributed by atoms with Crippen LogP contribution in [-0.2, 0) is 14.6 Å². The van der Waals surface area contributed by atoms with Crippen LogP contribution in [0.2, 0.25) is 0 Å². The van der Waals surface area contributed by atoms with E-state index in [9.17, 15) is 13.2 Å². The van der Waals surface area contributed by atoms with Gasteiger partial charge in [-0.1, -0.05) is 20.8 Å². The number of likely N-dealkylation sites (tertiary alicyclic amines) is 1.